The Morgan fingerprint density at radius 2 is 2.12 bits per heavy atom. The maximum Gasteiger partial charge on any atom is 0.152 e. The van der Waals surface area contributed by atoms with Crippen molar-refractivity contribution in [3.63, 3.8) is 0 Å². The zero-order valence-electron chi connectivity index (χ0n) is 10.3. The highest BCUT2D eigenvalue weighted by Crippen LogP contribution is 2.12. The third-order valence-corrected chi connectivity index (χ3v) is 2.55. The molecule has 1 atom stereocenters. The number of hydrogen-bond acceptors (Lipinski definition) is 5. The van der Waals surface area contributed by atoms with Crippen LogP contribution in [0.4, 0.5) is 11.5 Å². The minimum Gasteiger partial charge on any atom is -0.394 e. The summed E-state index contributed by atoms with van der Waals surface area (Å²) < 4.78 is 0. The molecule has 0 aliphatic heterocycles. The first-order valence-corrected chi connectivity index (χ1v) is 5.71. The number of rotatable bonds is 6. The van der Waals surface area contributed by atoms with Gasteiger partial charge < -0.3 is 16.0 Å². The highest BCUT2D eigenvalue weighted by Gasteiger charge is 2.08. The van der Waals surface area contributed by atoms with Crippen LogP contribution >= 0.6 is 0 Å². The molecule has 1 rings (SSSR count). The number of nitrogens with zero attached hydrogens (tertiary/aromatic N) is 3. The van der Waals surface area contributed by atoms with E-state index in [2.05, 4.69) is 41.0 Å². The average molecular weight is 223 g/mol. The summed E-state index contributed by atoms with van der Waals surface area (Å²) in [6.07, 6.45) is 3.11. The second kappa shape index (κ2) is 6.27. The molecule has 0 saturated heterocycles. The van der Waals surface area contributed by atoms with Crippen LogP contribution < -0.4 is 11.1 Å². The summed E-state index contributed by atoms with van der Waals surface area (Å²) in [7, 11) is 0. The summed E-state index contributed by atoms with van der Waals surface area (Å²) in [5.74, 6) is 0.717. The Balaban J connectivity index is 2.51. The molecular weight excluding hydrogens is 202 g/mol. The van der Waals surface area contributed by atoms with E-state index in [1.54, 1.807) is 6.20 Å². The van der Waals surface area contributed by atoms with Gasteiger partial charge in [0.2, 0.25) is 0 Å². The Kier molecular flexibility index (Phi) is 4.98. The van der Waals surface area contributed by atoms with E-state index in [0.717, 1.165) is 25.5 Å². The van der Waals surface area contributed by atoms with Gasteiger partial charge in [-0.05, 0) is 20.0 Å². The van der Waals surface area contributed by atoms with E-state index in [1.807, 2.05) is 0 Å². The van der Waals surface area contributed by atoms with Gasteiger partial charge in [0.1, 0.15) is 6.33 Å². The molecule has 3 N–H and O–H groups in total. The second-order valence-corrected chi connectivity index (χ2v) is 3.86. The van der Waals surface area contributed by atoms with Gasteiger partial charge in [-0.25, -0.2) is 9.97 Å². The lowest BCUT2D eigenvalue weighted by Crippen LogP contribution is -2.35. The molecule has 0 spiro atoms. The summed E-state index contributed by atoms with van der Waals surface area (Å²) in [6.45, 7) is 9.55. The number of nitrogen functional groups attached to an aromatic ring is 1. The largest absolute Gasteiger partial charge is 0.394 e. The Morgan fingerprint density at radius 3 is 2.69 bits per heavy atom. The van der Waals surface area contributed by atoms with E-state index < -0.39 is 0 Å². The average Bonchev–Trinajstić information content (AvgIpc) is 2.29. The Morgan fingerprint density at radius 1 is 1.44 bits per heavy atom. The summed E-state index contributed by atoms with van der Waals surface area (Å²) >= 11 is 0. The fraction of sp³-hybridized carbons (Fsp3) is 0.636. The summed E-state index contributed by atoms with van der Waals surface area (Å²) in [6, 6.07) is 0.317. The summed E-state index contributed by atoms with van der Waals surface area (Å²) in [5, 5.41) is 3.29. The molecular formula is C11H21N5. The predicted molar refractivity (Wildman–Crippen MR) is 67.3 cm³/mol. The highest BCUT2D eigenvalue weighted by atomic mass is 15.2. The van der Waals surface area contributed by atoms with Crippen LogP contribution in [0.1, 0.15) is 20.8 Å². The van der Waals surface area contributed by atoms with E-state index in [4.69, 9.17) is 5.73 Å². The fourth-order valence-electron chi connectivity index (χ4n) is 1.61. The molecule has 1 heterocycles. The van der Waals surface area contributed by atoms with Crippen LogP contribution in [0, 0.1) is 0 Å². The maximum atomic E-state index is 5.76. The summed E-state index contributed by atoms with van der Waals surface area (Å²) in [4.78, 5) is 10.3. The van der Waals surface area contributed by atoms with E-state index in [1.165, 1.54) is 6.33 Å². The van der Waals surface area contributed by atoms with Gasteiger partial charge >= 0.3 is 0 Å². The zero-order chi connectivity index (χ0) is 12.0. The molecule has 0 aliphatic carbocycles. The van der Waals surface area contributed by atoms with Crippen LogP contribution in [0.15, 0.2) is 12.5 Å². The van der Waals surface area contributed by atoms with E-state index in [-0.39, 0.29) is 0 Å². The second-order valence-electron chi connectivity index (χ2n) is 3.86. The number of aromatic nitrogens is 2. The highest BCUT2D eigenvalue weighted by molar-refractivity contribution is 5.59. The van der Waals surface area contributed by atoms with Crippen molar-refractivity contribution < 1.29 is 0 Å². The molecule has 0 radical (unpaired) electrons. The van der Waals surface area contributed by atoms with Gasteiger partial charge in [-0.3, -0.25) is 0 Å². The smallest absolute Gasteiger partial charge is 0.152 e. The fourth-order valence-corrected chi connectivity index (χ4v) is 1.61. The van der Waals surface area contributed by atoms with E-state index in [0.29, 0.717) is 11.7 Å². The monoisotopic (exact) mass is 223 g/mol. The van der Waals surface area contributed by atoms with Gasteiger partial charge in [-0.1, -0.05) is 13.8 Å². The summed E-state index contributed by atoms with van der Waals surface area (Å²) in [5.41, 5.74) is 6.36. The standard InChI is InChI=1S/C11H21N5/c1-4-16(5-2)7-9(3)15-11-10(12)6-13-8-14-11/h6,8-9H,4-5,7,12H2,1-3H3,(H,13,14,15). The maximum absolute atomic E-state index is 5.76. The van der Waals surface area contributed by atoms with Crippen LogP contribution in [-0.4, -0.2) is 40.5 Å². The molecule has 5 heteroatoms. The van der Waals surface area contributed by atoms with E-state index >= 15 is 0 Å². The Bertz CT molecular complexity index is 311. The first kappa shape index (κ1) is 12.7. The van der Waals surface area contributed by atoms with E-state index in [9.17, 15) is 0 Å². The predicted octanol–water partition coefficient (Wildman–Crippen LogP) is 1.20. The minimum atomic E-state index is 0.317. The van der Waals surface area contributed by atoms with Crippen LogP contribution in [0.5, 0.6) is 0 Å². The van der Waals surface area contributed by atoms with Crippen molar-refractivity contribution in [2.24, 2.45) is 0 Å². The Hall–Kier alpha value is -1.36. The molecule has 5 nitrogen and oxygen atoms in total. The van der Waals surface area contributed by atoms with Crippen LogP contribution in [0.25, 0.3) is 0 Å². The SMILES string of the molecule is CCN(CC)CC(C)Nc1ncncc1N. The quantitative estimate of drug-likeness (QED) is 0.758. The number of anilines is 2. The molecule has 0 aromatic carbocycles. The topological polar surface area (TPSA) is 67.1 Å². The zero-order valence-corrected chi connectivity index (χ0v) is 10.3. The van der Waals surface area contributed by atoms with Gasteiger partial charge in [0.05, 0.1) is 11.9 Å². The van der Waals surface area contributed by atoms with Gasteiger partial charge in [0.25, 0.3) is 0 Å². The molecule has 0 amide bonds. The molecule has 1 unspecified atom stereocenters. The van der Waals surface area contributed by atoms with Crippen molar-refractivity contribution in [1.29, 1.82) is 0 Å². The molecule has 16 heavy (non-hydrogen) atoms. The van der Waals surface area contributed by atoms with Crippen molar-refractivity contribution in [2.45, 2.75) is 26.8 Å². The van der Waals surface area contributed by atoms with Gasteiger partial charge in [-0.2, -0.15) is 0 Å². The van der Waals surface area contributed by atoms with Crippen molar-refractivity contribution >= 4 is 11.5 Å². The number of hydrogen-bond donors (Lipinski definition) is 2. The lowest BCUT2D eigenvalue weighted by Gasteiger charge is -2.23. The molecule has 0 bridgehead atoms. The molecule has 90 valence electrons. The van der Waals surface area contributed by atoms with Crippen molar-refractivity contribution in [3.8, 4) is 0 Å². The minimum absolute atomic E-state index is 0.317. The van der Waals surface area contributed by atoms with Crippen LogP contribution in [-0.2, 0) is 0 Å². The van der Waals surface area contributed by atoms with Crippen molar-refractivity contribution in [3.05, 3.63) is 12.5 Å². The Labute approximate surface area is 97.1 Å². The van der Waals surface area contributed by atoms with Crippen LogP contribution in [0.3, 0.4) is 0 Å². The lowest BCUT2D eigenvalue weighted by molar-refractivity contribution is 0.294. The van der Waals surface area contributed by atoms with Gasteiger partial charge in [0.15, 0.2) is 5.82 Å². The molecule has 1 aromatic heterocycles. The van der Waals surface area contributed by atoms with Crippen molar-refractivity contribution in [2.75, 3.05) is 30.7 Å². The third-order valence-electron chi connectivity index (χ3n) is 2.55. The molecule has 1 aromatic rings. The third kappa shape index (κ3) is 3.66. The van der Waals surface area contributed by atoms with Crippen molar-refractivity contribution in [1.82, 2.24) is 14.9 Å². The normalized spacial score (nSPS) is 12.8. The number of nitrogens with two attached hydrogens (primary N) is 1. The molecule has 0 saturated carbocycles. The first-order valence-electron chi connectivity index (χ1n) is 5.71. The molecule has 0 fully saturated rings. The van der Waals surface area contributed by atoms with Crippen LogP contribution in [0.2, 0.25) is 0 Å². The van der Waals surface area contributed by atoms with Gasteiger partial charge in [0, 0.05) is 12.6 Å². The number of nitrogens with one attached hydrogen (secondary N) is 1. The number of likely N-dealkylation sites (N-methyl/N-ethyl adjacent to an activating group) is 1. The van der Waals surface area contributed by atoms with Gasteiger partial charge in [-0.15, -0.1) is 0 Å². The lowest BCUT2D eigenvalue weighted by atomic mass is 10.3. The molecule has 0 aliphatic rings. The first-order chi connectivity index (χ1) is 7.67.